The third-order valence-corrected chi connectivity index (χ3v) is 6.99. The summed E-state index contributed by atoms with van der Waals surface area (Å²) < 4.78 is 16.6. The molecular formula is C29H28FN5OS. The largest absolute Gasteiger partial charge is 0.352 e. The van der Waals surface area contributed by atoms with Gasteiger partial charge in [0.05, 0.1) is 23.5 Å². The van der Waals surface area contributed by atoms with Crippen LogP contribution in [0.1, 0.15) is 41.0 Å². The summed E-state index contributed by atoms with van der Waals surface area (Å²) in [5.41, 5.74) is 5.02. The number of amides is 1. The van der Waals surface area contributed by atoms with Gasteiger partial charge in [0, 0.05) is 36.7 Å². The van der Waals surface area contributed by atoms with Crippen LogP contribution in [-0.2, 0) is 4.79 Å². The number of nitrogens with one attached hydrogen (secondary N) is 2. The molecule has 1 fully saturated rings. The summed E-state index contributed by atoms with van der Waals surface area (Å²) in [6.45, 7) is 4.36. The number of rotatable bonds is 7. The molecule has 1 saturated heterocycles. The van der Waals surface area contributed by atoms with Crippen LogP contribution >= 0.6 is 12.2 Å². The van der Waals surface area contributed by atoms with E-state index in [1.165, 1.54) is 6.07 Å². The van der Waals surface area contributed by atoms with Gasteiger partial charge >= 0.3 is 0 Å². The highest BCUT2D eigenvalue weighted by Crippen LogP contribution is 2.39. The lowest BCUT2D eigenvalue weighted by atomic mass is 10.0. The molecule has 8 heteroatoms. The van der Waals surface area contributed by atoms with Crippen LogP contribution in [0.5, 0.6) is 0 Å². The minimum Gasteiger partial charge on any atom is -0.352 e. The van der Waals surface area contributed by atoms with Gasteiger partial charge in [-0.1, -0.05) is 30.3 Å². The number of carbonyl (C=O) groups excluding carboxylic acids is 1. The first-order valence-corrected chi connectivity index (χ1v) is 12.6. The molecule has 2 aromatic heterocycles. The molecule has 1 aliphatic heterocycles. The molecule has 5 rings (SSSR count). The van der Waals surface area contributed by atoms with Crippen molar-refractivity contribution < 1.29 is 9.18 Å². The first kappa shape index (κ1) is 24.6. The van der Waals surface area contributed by atoms with E-state index in [4.69, 9.17) is 12.2 Å². The number of para-hydroxylation sites is 1. The summed E-state index contributed by atoms with van der Waals surface area (Å²) in [5, 5.41) is 6.96. The number of hydrogen-bond donors (Lipinski definition) is 2. The highest BCUT2D eigenvalue weighted by molar-refractivity contribution is 7.80. The second kappa shape index (κ2) is 10.5. The van der Waals surface area contributed by atoms with E-state index >= 15 is 0 Å². The third-order valence-electron chi connectivity index (χ3n) is 6.64. The lowest BCUT2D eigenvalue weighted by molar-refractivity contribution is -0.116. The molecule has 1 amide bonds. The molecular weight excluding hydrogens is 485 g/mol. The molecule has 0 saturated carbocycles. The number of carbonyl (C=O) groups is 1. The number of anilines is 1. The Labute approximate surface area is 221 Å². The molecule has 0 aliphatic carbocycles. The average molecular weight is 514 g/mol. The number of halogens is 1. The Balaban J connectivity index is 1.45. The summed E-state index contributed by atoms with van der Waals surface area (Å²) in [5.74, 6) is -0.414. The van der Waals surface area contributed by atoms with Crippen molar-refractivity contribution in [2.75, 3.05) is 11.9 Å². The van der Waals surface area contributed by atoms with Crippen molar-refractivity contribution in [2.45, 2.75) is 32.4 Å². The van der Waals surface area contributed by atoms with E-state index in [2.05, 4.69) is 15.6 Å². The number of pyridine rings is 1. The average Bonchev–Trinajstić information content (AvgIpc) is 3.50. The van der Waals surface area contributed by atoms with Gasteiger partial charge in [-0.25, -0.2) is 4.39 Å². The third kappa shape index (κ3) is 5.11. The molecule has 4 aromatic rings. The number of aromatic nitrogens is 2. The molecule has 0 spiro atoms. The van der Waals surface area contributed by atoms with E-state index in [1.807, 2.05) is 84.1 Å². The minimum atomic E-state index is -0.317. The van der Waals surface area contributed by atoms with Crippen molar-refractivity contribution in [3.63, 3.8) is 0 Å². The second-order valence-electron chi connectivity index (χ2n) is 9.19. The Morgan fingerprint density at radius 2 is 1.89 bits per heavy atom. The van der Waals surface area contributed by atoms with Crippen LogP contribution in [0.25, 0.3) is 5.69 Å². The van der Waals surface area contributed by atoms with E-state index in [0.717, 1.165) is 28.2 Å². The van der Waals surface area contributed by atoms with Crippen molar-refractivity contribution in [3.8, 4) is 5.69 Å². The van der Waals surface area contributed by atoms with E-state index in [0.29, 0.717) is 17.3 Å². The number of hydrogen-bond acceptors (Lipinski definition) is 3. The highest BCUT2D eigenvalue weighted by atomic mass is 32.1. The molecule has 0 bridgehead atoms. The zero-order chi connectivity index (χ0) is 25.9. The lowest BCUT2D eigenvalue weighted by Crippen LogP contribution is -2.33. The van der Waals surface area contributed by atoms with E-state index in [9.17, 15) is 9.18 Å². The Kier molecular flexibility index (Phi) is 7.01. The molecule has 6 nitrogen and oxygen atoms in total. The Bertz CT molecular complexity index is 1440. The van der Waals surface area contributed by atoms with Gasteiger partial charge in [-0.05, 0) is 79.7 Å². The Morgan fingerprint density at radius 3 is 2.68 bits per heavy atom. The lowest BCUT2D eigenvalue weighted by Gasteiger charge is -2.29. The van der Waals surface area contributed by atoms with Gasteiger partial charge in [-0.15, -0.1) is 0 Å². The van der Waals surface area contributed by atoms with Gasteiger partial charge in [0.1, 0.15) is 5.82 Å². The van der Waals surface area contributed by atoms with Crippen molar-refractivity contribution in [1.82, 2.24) is 19.8 Å². The quantitative estimate of drug-likeness (QED) is 0.314. The first-order chi connectivity index (χ1) is 17.9. The number of benzene rings is 2. The zero-order valence-electron chi connectivity index (χ0n) is 20.7. The van der Waals surface area contributed by atoms with Crippen LogP contribution in [0.4, 0.5) is 10.1 Å². The maximum absolute atomic E-state index is 14.8. The van der Waals surface area contributed by atoms with E-state index in [-0.39, 0.29) is 30.2 Å². The maximum atomic E-state index is 14.8. The van der Waals surface area contributed by atoms with Crippen LogP contribution in [0.2, 0.25) is 0 Å². The fourth-order valence-electron chi connectivity index (χ4n) is 4.77. The molecule has 37 heavy (non-hydrogen) atoms. The van der Waals surface area contributed by atoms with E-state index < -0.39 is 0 Å². The zero-order valence-corrected chi connectivity index (χ0v) is 21.5. The van der Waals surface area contributed by atoms with Gasteiger partial charge in [0.15, 0.2) is 5.11 Å². The van der Waals surface area contributed by atoms with Crippen molar-refractivity contribution >= 4 is 28.9 Å². The van der Waals surface area contributed by atoms with Gasteiger partial charge in [0.25, 0.3) is 0 Å². The molecule has 2 unspecified atom stereocenters. The predicted octanol–water partition coefficient (Wildman–Crippen LogP) is 5.63. The topological polar surface area (TPSA) is 62.2 Å². The minimum absolute atomic E-state index is 0.0963. The molecule has 0 radical (unpaired) electrons. The maximum Gasteiger partial charge on any atom is 0.226 e. The summed E-state index contributed by atoms with van der Waals surface area (Å²) in [7, 11) is 0. The van der Waals surface area contributed by atoms with Crippen LogP contribution in [0.15, 0.2) is 85.2 Å². The standard InChI is InChI=1S/C29H28FN5OS/c1-19-12-13-20(2)23(18-19)32-26(36)14-17-35-28(27(33-29(35)37)22-9-5-6-15-31-22)25-11-7-16-34(25)24-10-4-3-8-21(24)30/h3-13,15-16,18,27-28H,14,17H2,1-2H3,(H,32,36)(H,33,37). The predicted molar refractivity (Wildman–Crippen MR) is 147 cm³/mol. The highest BCUT2D eigenvalue weighted by Gasteiger charge is 2.41. The van der Waals surface area contributed by atoms with Crippen molar-refractivity contribution in [3.05, 3.63) is 114 Å². The van der Waals surface area contributed by atoms with E-state index in [1.54, 1.807) is 18.3 Å². The molecule has 3 heterocycles. The number of aryl methyl sites for hydroxylation is 2. The summed E-state index contributed by atoms with van der Waals surface area (Å²) in [6.07, 6.45) is 3.82. The summed E-state index contributed by atoms with van der Waals surface area (Å²) in [4.78, 5) is 19.5. The molecule has 2 N–H and O–H groups in total. The molecule has 188 valence electrons. The van der Waals surface area contributed by atoms with Crippen molar-refractivity contribution in [1.29, 1.82) is 0 Å². The van der Waals surface area contributed by atoms with Gasteiger partial charge < -0.3 is 20.1 Å². The van der Waals surface area contributed by atoms with Crippen LogP contribution in [0.3, 0.4) is 0 Å². The molecule has 1 aliphatic rings. The fraction of sp³-hybridized carbons (Fsp3) is 0.207. The number of thiocarbonyl (C=S) groups is 1. The smallest absolute Gasteiger partial charge is 0.226 e. The summed E-state index contributed by atoms with van der Waals surface area (Å²) >= 11 is 5.75. The normalized spacial score (nSPS) is 17.1. The molecule has 2 atom stereocenters. The van der Waals surface area contributed by atoms with Crippen LogP contribution in [0, 0.1) is 19.7 Å². The second-order valence-corrected chi connectivity index (χ2v) is 9.58. The first-order valence-electron chi connectivity index (χ1n) is 12.2. The van der Waals surface area contributed by atoms with Gasteiger partial charge in [-0.3, -0.25) is 9.78 Å². The van der Waals surface area contributed by atoms with Crippen LogP contribution in [-0.4, -0.2) is 32.0 Å². The van der Waals surface area contributed by atoms with Crippen LogP contribution < -0.4 is 10.6 Å². The van der Waals surface area contributed by atoms with Gasteiger partial charge in [0.2, 0.25) is 5.91 Å². The molecule has 2 aromatic carbocycles. The summed E-state index contributed by atoms with van der Waals surface area (Å²) in [6, 6.07) is 21.7. The number of nitrogens with zero attached hydrogens (tertiary/aromatic N) is 3. The fourth-order valence-corrected chi connectivity index (χ4v) is 5.11. The van der Waals surface area contributed by atoms with Gasteiger partial charge in [-0.2, -0.15) is 0 Å². The Hall–Kier alpha value is -4.04. The SMILES string of the molecule is Cc1ccc(C)c(NC(=O)CCN2C(=S)NC(c3ccccn3)C2c2cccn2-c2ccccc2F)c1. The Morgan fingerprint density at radius 1 is 1.08 bits per heavy atom. The van der Waals surface area contributed by atoms with Crippen molar-refractivity contribution in [2.24, 2.45) is 0 Å². The monoisotopic (exact) mass is 513 g/mol.